The van der Waals surface area contributed by atoms with E-state index < -0.39 is 0 Å². The van der Waals surface area contributed by atoms with Crippen molar-refractivity contribution in [2.45, 2.75) is 13.3 Å². The van der Waals surface area contributed by atoms with Gasteiger partial charge in [-0.3, -0.25) is 4.79 Å². The fraction of sp³-hybridized carbons (Fsp3) is 0.190. The van der Waals surface area contributed by atoms with Gasteiger partial charge in [0, 0.05) is 6.42 Å². The Morgan fingerprint density at radius 2 is 1.42 bits per heavy atom. The molecule has 2 rings (SSSR count). The number of aliphatic hydroxyl groups excluding tert-OH is 1. The Kier molecular flexibility index (Phi) is 10.4. The van der Waals surface area contributed by atoms with Crippen LogP contribution < -0.4 is 0 Å². The number of esters is 1. The first-order chi connectivity index (χ1) is 11.8. The van der Waals surface area contributed by atoms with E-state index in [0.717, 1.165) is 11.1 Å². The first kappa shape index (κ1) is 19.4. The number of carbonyl (C=O) groups is 1. The van der Waals surface area contributed by atoms with E-state index in [9.17, 15) is 4.79 Å². The summed E-state index contributed by atoms with van der Waals surface area (Å²) in [7, 11) is 0. The topological polar surface area (TPSA) is 46.5 Å². The lowest BCUT2D eigenvalue weighted by molar-refractivity contribution is -0.141. The molecule has 0 aromatic heterocycles. The van der Waals surface area contributed by atoms with E-state index in [1.807, 2.05) is 78.9 Å². The number of rotatable bonds is 6. The van der Waals surface area contributed by atoms with Gasteiger partial charge in [0.1, 0.15) is 6.61 Å². The summed E-state index contributed by atoms with van der Waals surface area (Å²) in [5, 5.41) is 8.44. The van der Waals surface area contributed by atoms with Crippen LogP contribution >= 0.6 is 0 Å². The Morgan fingerprint density at radius 3 is 1.88 bits per heavy atom. The zero-order valence-electron chi connectivity index (χ0n) is 14.0. The van der Waals surface area contributed by atoms with Crippen LogP contribution in [-0.2, 0) is 9.53 Å². The van der Waals surface area contributed by atoms with Crippen LogP contribution in [0.5, 0.6) is 0 Å². The molecule has 3 nitrogen and oxygen atoms in total. The summed E-state index contributed by atoms with van der Waals surface area (Å²) in [6.07, 6.45) is 7.81. The van der Waals surface area contributed by atoms with Crippen LogP contribution in [0, 0.1) is 0 Å². The van der Waals surface area contributed by atoms with Gasteiger partial charge >= 0.3 is 5.97 Å². The summed E-state index contributed by atoms with van der Waals surface area (Å²) in [5.41, 5.74) is 2.23. The Bertz CT molecular complexity index is 616. The van der Waals surface area contributed by atoms with Crippen LogP contribution in [0.15, 0.2) is 72.8 Å². The SMILES string of the molecule is CCC(=O)OCC=Cc1ccccc1.OCC=Cc1ccccc1. The predicted octanol–water partition coefficient (Wildman–Crippen LogP) is 4.35. The van der Waals surface area contributed by atoms with Crippen molar-refractivity contribution in [1.82, 2.24) is 0 Å². The minimum Gasteiger partial charge on any atom is -0.461 e. The molecule has 0 fully saturated rings. The molecule has 0 aliphatic heterocycles. The zero-order chi connectivity index (χ0) is 17.5. The highest BCUT2D eigenvalue weighted by Crippen LogP contribution is 2.01. The second kappa shape index (κ2) is 12.9. The van der Waals surface area contributed by atoms with E-state index in [4.69, 9.17) is 9.84 Å². The third-order valence-corrected chi connectivity index (χ3v) is 2.95. The summed E-state index contributed by atoms with van der Waals surface area (Å²) in [5.74, 6) is -0.164. The van der Waals surface area contributed by atoms with Gasteiger partial charge in [-0.2, -0.15) is 0 Å². The van der Waals surface area contributed by atoms with E-state index in [0.29, 0.717) is 13.0 Å². The molecule has 0 bridgehead atoms. The molecule has 24 heavy (non-hydrogen) atoms. The molecule has 2 aromatic rings. The highest BCUT2D eigenvalue weighted by molar-refractivity contribution is 5.69. The van der Waals surface area contributed by atoms with Gasteiger partial charge in [-0.25, -0.2) is 0 Å². The van der Waals surface area contributed by atoms with Crippen LogP contribution in [0.3, 0.4) is 0 Å². The molecule has 0 radical (unpaired) electrons. The molecular weight excluding hydrogens is 300 g/mol. The summed E-state index contributed by atoms with van der Waals surface area (Å²) in [6, 6.07) is 19.8. The third kappa shape index (κ3) is 9.38. The van der Waals surface area contributed by atoms with E-state index >= 15 is 0 Å². The molecular formula is C21H24O3. The van der Waals surface area contributed by atoms with Gasteiger partial charge in [-0.15, -0.1) is 0 Å². The number of carbonyl (C=O) groups excluding carboxylic acids is 1. The number of hydrogen-bond donors (Lipinski definition) is 1. The molecule has 0 aliphatic carbocycles. The Hall–Kier alpha value is -2.65. The van der Waals surface area contributed by atoms with Gasteiger partial charge in [0.15, 0.2) is 0 Å². The quantitative estimate of drug-likeness (QED) is 0.804. The van der Waals surface area contributed by atoms with Crippen molar-refractivity contribution >= 4 is 18.1 Å². The maximum absolute atomic E-state index is 10.8. The number of benzene rings is 2. The van der Waals surface area contributed by atoms with E-state index in [-0.39, 0.29) is 12.6 Å². The second-order valence-electron chi connectivity index (χ2n) is 4.85. The van der Waals surface area contributed by atoms with Crippen molar-refractivity contribution in [2.24, 2.45) is 0 Å². The van der Waals surface area contributed by atoms with Crippen LogP contribution in [0.25, 0.3) is 12.2 Å². The Morgan fingerprint density at radius 1 is 0.917 bits per heavy atom. The summed E-state index contributed by atoms with van der Waals surface area (Å²) in [6.45, 7) is 2.24. The highest BCUT2D eigenvalue weighted by Gasteiger charge is 1.93. The van der Waals surface area contributed by atoms with Gasteiger partial charge in [0.2, 0.25) is 0 Å². The Balaban J connectivity index is 0.000000254. The summed E-state index contributed by atoms with van der Waals surface area (Å²) < 4.78 is 4.89. The first-order valence-corrected chi connectivity index (χ1v) is 7.96. The minimum absolute atomic E-state index is 0.106. The summed E-state index contributed by atoms with van der Waals surface area (Å²) in [4.78, 5) is 10.8. The normalized spacial score (nSPS) is 10.4. The lowest BCUT2D eigenvalue weighted by Crippen LogP contribution is -2.01. The fourth-order valence-corrected chi connectivity index (χ4v) is 1.74. The molecule has 0 atom stereocenters. The van der Waals surface area contributed by atoms with E-state index in [1.54, 1.807) is 13.0 Å². The van der Waals surface area contributed by atoms with Crippen molar-refractivity contribution in [3.63, 3.8) is 0 Å². The fourth-order valence-electron chi connectivity index (χ4n) is 1.74. The monoisotopic (exact) mass is 324 g/mol. The van der Waals surface area contributed by atoms with Crippen molar-refractivity contribution < 1.29 is 14.6 Å². The summed E-state index contributed by atoms with van der Waals surface area (Å²) >= 11 is 0. The van der Waals surface area contributed by atoms with E-state index in [2.05, 4.69) is 0 Å². The number of ether oxygens (including phenoxy) is 1. The van der Waals surface area contributed by atoms with Gasteiger partial charge in [-0.05, 0) is 17.2 Å². The molecule has 0 spiro atoms. The Labute approximate surface area is 143 Å². The van der Waals surface area contributed by atoms with Gasteiger partial charge in [-0.1, -0.05) is 85.8 Å². The largest absolute Gasteiger partial charge is 0.461 e. The molecule has 0 saturated heterocycles. The first-order valence-electron chi connectivity index (χ1n) is 7.96. The van der Waals surface area contributed by atoms with Gasteiger partial charge in [0.25, 0.3) is 0 Å². The van der Waals surface area contributed by atoms with Crippen molar-refractivity contribution in [3.8, 4) is 0 Å². The average Bonchev–Trinajstić information content (AvgIpc) is 2.65. The molecule has 126 valence electrons. The zero-order valence-corrected chi connectivity index (χ0v) is 14.0. The predicted molar refractivity (Wildman–Crippen MR) is 99.3 cm³/mol. The molecule has 3 heteroatoms. The highest BCUT2D eigenvalue weighted by atomic mass is 16.5. The lowest BCUT2D eigenvalue weighted by atomic mass is 10.2. The maximum Gasteiger partial charge on any atom is 0.305 e. The molecule has 2 aromatic carbocycles. The molecule has 0 saturated carbocycles. The van der Waals surface area contributed by atoms with Crippen LogP contribution in [0.1, 0.15) is 24.5 Å². The van der Waals surface area contributed by atoms with Crippen molar-refractivity contribution in [3.05, 3.63) is 83.9 Å². The minimum atomic E-state index is -0.164. The second-order valence-corrected chi connectivity index (χ2v) is 4.85. The third-order valence-electron chi connectivity index (χ3n) is 2.95. The molecule has 1 N–H and O–H groups in total. The molecule has 0 unspecified atom stereocenters. The van der Waals surface area contributed by atoms with Crippen LogP contribution in [0.2, 0.25) is 0 Å². The molecule has 0 aliphatic rings. The van der Waals surface area contributed by atoms with Crippen molar-refractivity contribution in [2.75, 3.05) is 13.2 Å². The smallest absolute Gasteiger partial charge is 0.305 e. The van der Waals surface area contributed by atoms with Gasteiger partial charge < -0.3 is 9.84 Å². The van der Waals surface area contributed by atoms with E-state index in [1.165, 1.54) is 0 Å². The lowest BCUT2D eigenvalue weighted by Gasteiger charge is -1.97. The standard InChI is InChI=1S/C12H14O2.C9H10O/c1-2-12(13)14-10-6-9-11-7-4-3-5-8-11;10-8-4-7-9-5-2-1-3-6-9/h3-9H,2,10H2,1H3;1-7,10H,8H2. The number of hydrogen-bond acceptors (Lipinski definition) is 3. The molecule has 0 heterocycles. The average molecular weight is 324 g/mol. The van der Waals surface area contributed by atoms with Crippen LogP contribution in [0.4, 0.5) is 0 Å². The number of aliphatic hydroxyl groups is 1. The van der Waals surface area contributed by atoms with Gasteiger partial charge in [0.05, 0.1) is 6.61 Å². The van der Waals surface area contributed by atoms with Crippen LogP contribution in [-0.4, -0.2) is 24.3 Å². The maximum atomic E-state index is 10.8. The molecule has 0 amide bonds. The van der Waals surface area contributed by atoms with Crippen molar-refractivity contribution in [1.29, 1.82) is 0 Å².